The molecule has 0 radical (unpaired) electrons. The zero-order chi connectivity index (χ0) is 11.5. The van der Waals surface area contributed by atoms with Crippen molar-refractivity contribution in [3.05, 3.63) is 10.0 Å². The maximum absolute atomic E-state index is 9.31. The van der Waals surface area contributed by atoms with E-state index in [1.54, 1.807) is 0 Å². The largest absolute Gasteiger partial charge is 0.394 e. The van der Waals surface area contributed by atoms with E-state index in [-0.39, 0.29) is 19.3 Å². The summed E-state index contributed by atoms with van der Waals surface area (Å²) in [5, 5.41) is 19.6. The first-order valence-electron chi connectivity index (χ1n) is 5.39. The van der Waals surface area contributed by atoms with Crippen molar-refractivity contribution in [2.75, 3.05) is 18.1 Å². The summed E-state index contributed by atoms with van der Waals surface area (Å²) in [5.74, 6) is 0. The molecule has 1 aromatic rings. The molecule has 1 aliphatic heterocycles. The number of hydrogen-bond acceptors (Lipinski definition) is 5. The highest BCUT2D eigenvalue weighted by Crippen LogP contribution is 2.33. The Kier molecular flexibility index (Phi) is 4.02. The second-order valence-corrected chi connectivity index (χ2v) is 5.31. The van der Waals surface area contributed by atoms with Gasteiger partial charge in [-0.05, 0) is 19.3 Å². The Labute approximate surface area is 103 Å². The van der Waals surface area contributed by atoms with Gasteiger partial charge in [0.2, 0.25) is 0 Å². The smallest absolute Gasteiger partial charge is 0.187 e. The quantitative estimate of drug-likeness (QED) is 0.870. The fourth-order valence-corrected chi connectivity index (χ4v) is 3.20. The summed E-state index contributed by atoms with van der Waals surface area (Å²) >= 11 is 7.31. The van der Waals surface area contributed by atoms with Crippen LogP contribution in [0.25, 0.3) is 0 Å². The van der Waals surface area contributed by atoms with E-state index in [0.29, 0.717) is 10.0 Å². The molecule has 0 spiro atoms. The zero-order valence-corrected chi connectivity index (χ0v) is 10.5. The lowest BCUT2D eigenvalue weighted by atomic mass is 10.0. The number of aromatic nitrogens is 1. The van der Waals surface area contributed by atoms with Gasteiger partial charge in [0.05, 0.1) is 24.1 Å². The van der Waals surface area contributed by atoms with E-state index < -0.39 is 0 Å². The van der Waals surface area contributed by atoms with Crippen LogP contribution in [0.1, 0.15) is 24.1 Å². The molecule has 4 nitrogen and oxygen atoms in total. The number of piperidine rings is 1. The maximum atomic E-state index is 9.31. The Morgan fingerprint density at radius 2 is 2.25 bits per heavy atom. The van der Waals surface area contributed by atoms with E-state index in [1.165, 1.54) is 11.3 Å². The van der Waals surface area contributed by atoms with E-state index in [0.717, 1.165) is 30.9 Å². The van der Waals surface area contributed by atoms with Crippen molar-refractivity contribution in [3.8, 4) is 0 Å². The predicted molar refractivity (Wildman–Crippen MR) is 65.1 cm³/mol. The normalized spacial score (nSPS) is 21.4. The average Bonchev–Trinajstić information content (AvgIpc) is 2.70. The Hall–Kier alpha value is -0.360. The summed E-state index contributed by atoms with van der Waals surface area (Å²) in [5.41, 5.74) is 0. The fourth-order valence-electron chi connectivity index (χ4n) is 1.98. The Morgan fingerprint density at radius 3 is 2.88 bits per heavy atom. The van der Waals surface area contributed by atoms with Crippen LogP contribution in [0.5, 0.6) is 0 Å². The first-order chi connectivity index (χ1) is 7.76. The van der Waals surface area contributed by atoms with Gasteiger partial charge in [-0.3, -0.25) is 0 Å². The van der Waals surface area contributed by atoms with Gasteiger partial charge in [-0.2, -0.15) is 0 Å². The minimum atomic E-state index is -0.0753. The van der Waals surface area contributed by atoms with Crippen molar-refractivity contribution in [1.82, 2.24) is 4.98 Å². The topological polar surface area (TPSA) is 56.6 Å². The van der Waals surface area contributed by atoms with Crippen molar-refractivity contribution in [3.63, 3.8) is 0 Å². The van der Waals surface area contributed by atoms with Gasteiger partial charge in [-0.15, -0.1) is 0 Å². The fraction of sp³-hybridized carbons (Fsp3) is 0.700. The molecule has 6 heteroatoms. The molecule has 2 N–H and O–H groups in total. The summed E-state index contributed by atoms with van der Waals surface area (Å²) in [4.78, 5) is 7.03. The molecular formula is C10H15ClN2O2S. The van der Waals surface area contributed by atoms with Crippen LogP contribution in [-0.2, 0) is 6.61 Å². The average molecular weight is 263 g/mol. The van der Waals surface area contributed by atoms with Gasteiger partial charge in [0.15, 0.2) is 5.13 Å². The van der Waals surface area contributed by atoms with E-state index in [9.17, 15) is 5.11 Å². The lowest BCUT2D eigenvalue weighted by molar-refractivity contribution is 0.240. The molecular weight excluding hydrogens is 248 g/mol. The third-order valence-corrected chi connectivity index (χ3v) is 4.37. The third-order valence-electron chi connectivity index (χ3n) is 2.87. The van der Waals surface area contributed by atoms with Crippen molar-refractivity contribution < 1.29 is 10.2 Å². The van der Waals surface area contributed by atoms with Crippen LogP contribution in [0.3, 0.4) is 0 Å². The lowest BCUT2D eigenvalue weighted by Crippen LogP contribution is -2.41. The van der Waals surface area contributed by atoms with Crippen LogP contribution in [0, 0.1) is 0 Å². The molecule has 1 aromatic heterocycles. The first-order valence-corrected chi connectivity index (χ1v) is 6.59. The van der Waals surface area contributed by atoms with Crippen LogP contribution in [0.2, 0.25) is 5.15 Å². The number of hydrogen-bond donors (Lipinski definition) is 2. The third kappa shape index (κ3) is 2.32. The standard InChI is InChI=1S/C10H15ClN2O2S/c11-9-8(6-15)16-10(12-9)13-4-2-1-3-7(13)5-14/h7,14-15H,1-6H2. The molecule has 0 bridgehead atoms. The molecule has 1 aliphatic rings. The summed E-state index contributed by atoms with van der Waals surface area (Å²) in [6.07, 6.45) is 3.25. The van der Waals surface area contributed by atoms with Gasteiger partial charge in [0.25, 0.3) is 0 Å². The Morgan fingerprint density at radius 1 is 1.44 bits per heavy atom. The number of aliphatic hydroxyl groups excluding tert-OH is 2. The first kappa shape index (κ1) is 12.1. The second kappa shape index (κ2) is 5.31. The second-order valence-electron chi connectivity index (χ2n) is 3.89. The maximum Gasteiger partial charge on any atom is 0.187 e. The van der Waals surface area contributed by atoms with E-state index in [4.69, 9.17) is 16.7 Å². The summed E-state index contributed by atoms with van der Waals surface area (Å²) in [6, 6.07) is 0.141. The molecule has 1 unspecified atom stereocenters. The van der Waals surface area contributed by atoms with Crippen LogP contribution >= 0.6 is 22.9 Å². The van der Waals surface area contributed by atoms with E-state index in [2.05, 4.69) is 9.88 Å². The minimum Gasteiger partial charge on any atom is -0.394 e. The molecule has 2 rings (SSSR count). The highest BCUT2D eigenvalue weighted by Gasteiger charge is 2.25. The van der Waals surface area contributed by atoms with Crippen LogP contribution < -0.4 is 4.90 Å². The molecule has 2 heterocycles. The number of halogens is 1. The minimum absolute atomic E-state index is 0.0753. The highest BCUT2D eigenvalue weighted by atomic mass is 35.5. The van der Waals surface area contributed by atoms with Gasteiger partial charge < -0.3 is 15.1 Å². The number of rotatable bonds is 3. The van der Waals surface area contributed by atoms with Gasteiger partial charge >= 0.3 is 0 Å². The molecule has 1 atom stereocenters. The monoisotopic (exact) mass is 262 g/mol. The molecule has 1 saturated heterocycles. The van der Waals surface area contributed by atoms with E-state index in [1.807, 2.05) is 0 Å². The summed E-state index contributed by atoms with van der Waals surface area (Å²) in [6.45, 7) is 0.972. The van der Waals surface area contributed by atoms with Gasteiger partial charge in [-0.1, -0.05) is 22.9 Å². The molecule has 0 aromatic carbocycles. The summed E-state index contributed by atoms with van der Waals surface area (Å²) < 4.78 is 0. The van der Waals surface area contributed by atoms with Gasteiger partial charge in [0, 0.05) is 6.54 Å². The van der Waals surface area contributed by atoms with Gasteiger partial charge in [0.1, 0.15) is 5.15 Å². The highest BCUT2D eigenvalue weighted by molar-refractivity contribution is 7.16. The number of anilines is 1. The van der Waals surface area contributed by atoms with Crippen LogP contribution in [0.15, 0.2) is 0 Å². The number of aliphatic hydroxyl groups is 2. The lowest BCUT2D eigenvalue weighted by Gasteiger charge is -2.34. The predicted octanol–water partition coefficient (Wildman–Crippen LogP) is 1.64. The van der Waals surface area contributed by atoms with E-state index >= 15 is 0 Å². The van der Waals surface area contributed by atoms with Crippen molar-refractivity contribution in [2.45, 2.75) is 31.9 Å². The van der Waals surface area contributed by atoms with Gasteiger partial charge in [-0.25, -0.2) is 4.98 Å². The molecule has 90 valence electrons. The molecule has 1 fully saturated rings. The van der Waals surface area contributed by atoms with Crippen molar-refractivity contribution in [2.24, 2.45) is 0 Å². The number of nitrogens with zero attached hydrogens (tertiary/aromatic N) is 2. The Bertz CT molecular complexity index is 359. The molecule has 16 heavy (non-hydrogen) atoms. The molecule has 0 saturated carbocycles. The number of thiazole rings is 1. The Balaban J connectivity index is 2.20. The molecule has 0 aliphatic carbocycles. The van der Waals surface area contributed by atoms with Crippen molar-refractivity contribution in [1.29, 1.82) is 0 Å². The zero-order valence-electron chi connectivity index (χ0n) is 8.90. The SMILES string of the molecule is OCc1sc(N2CCCCC2CO)nc1Cl. The molecule has 0 amide bonds. The summed E-state index contributed by atoms with van der Waals surface area (Å²) in [7, 11) is 0. The van der Waals surface area contributed by atoms with Crippen LogP contribution in [-0.4, -0.2) is 34.4 Å². The van der Waals surface area contributed by atoms with Crippen LogP contribution in [0.4, 0.5) is 5.13 Å². The van der Waals surface area contributed by atoms with Crippen molar-refractivity contribution >= 4 is 28.1 Å².